The van der Waals surface area contributed by atoms with Crippen molar-refractivity contribution >= 4 is 17.2 Å². The second-order valence-electron chi connectivity index (χ2n) is 5.24. The van der Waals surface area contributed by atoms with Crippen LogP contribution in [0.2, 0.25) is 0 Å². The Kier molecular flexibility index (Phi) is 2.99. The summed E-state index contributed by atoms with van der Waals surface area (Å²) in [6, 6.07) is 6.69. The van der Waals surface area contributed by atoms with Crippen LogP contribution in [-0.2, 0) is 11.2 Å². The summed E-state index contributed by atoms with van der Waals surface area (Å²) in [5, 5.41) is 4.71. The Bertz CT molecular complexity index is 654. The molecule has 1 heterocycles. The smallest absolute Gasteiger partial charge is 0.145 e. The Labute approximate surface area is 112 Å². The van der Waals surface area contributed by atoms with E-state index in [1.807, 2.05) is 14.0 Å². The first-order valence-electron chi connectivity index (χ1n) is 6.64. The van der Waals surface area contributed by atoms with E-state index in [0.29, 0.717) is 6.04 Å². The lowest BCUT2D eigenvalue weighted by molar-refractivity contribution is -0.104. The maximum absolute atomic E-state index is 10.9. The number of benzene rings is 1. The summed E-state index contributed by atoms with van der Waals surface area (Å²) < 4.78 is 0. The highest BCUT2D eigenvalue weighted by Gasteiger charge is 2.28. The summed E-state index contributed by atoms with van der Waals surface area (Å²) in [5.74, 6) is 0.252. The molecule has 0 aliphatic heterocycles. The molecule has 0 bridgehead atoms. The summed E-state index contributed by atoms with van der Waals surface area (Å²) in [5.41, 5.74) is 4.64. The van der Waals surface area contributed by atoms with Gasteiger partial charge in [-0.05, 0) is 43.2 Å². The molecule has 1 aliphatic rings. The molecule has 1 aliphatic carbocycles. The van der Waals surface area contributed by atoms with Crippen molar-refractivity contribution < 1.29 is 4.79 Å². The molecule has 0 spiro atoms. The van der Waals surface area contributed by atoms with E-state index in [-0.39, 0.29) is 5.92 Å². The number of likely N-dealkylation sites (N-methyl/N-ethyl adjacent to an activating group) is 1. The van der Waals surface area contributed by atoms with E-state index in [4.69, 9.17) is 0 Å². The molecule has 19 heavy (non-hydrogen) atoms. The molecule has 0 unspecified atom stereocenters. The Morgan fingerprint density at radius 1 is 1.47 bits per heavy atom. The SMILES string of the molecule is CN[C@@H]1Cc2c[nH]c3cccc(c23)[C@H]1/C=C(/C)C=O. The third-order valence-corrected chi connectivity index (χ3v) is 4.05. The van der Waals surface area contributed by atoms with Crippen LogP contribution in [0.3, 0.4) is 0 Å². The van der Waals surface area contributed by atoms with Gasteiger partial charge in [-0.3, -0.25) is 4.79 Å². The van der Waals surface area contributed by atoms with Crippen molar-refractivity contribution in [2.24, 2.45) is 0 Å². The van der Waals surface area contributed by atoms with Crippen molar-refractivity contribution in [2.75, 3.05) is 7.05 Å². The molecule has 0 amide bonds. The van der Waals surface area contributed by atoms with Crippen LogP contribution in [0.1, 0.15) is 24.0 Å². The van der Waals surface area contributed by atoms with E-state index in [9.17, 15) is 4.79 Å². The summed E-state index contributed by atoms with van der Waals surface area (Å²) in [6.45, 7) is 1.87. The van der Waals surface area contributed by atoms with Gasteiger partial charge in [0, 0.05) is 29.1 Å². The molecule has 0 radical (unpaired) electrons. The van der Waals surface area contributed by atoms with E-state index in [0.717, 1.165) is 18.3 Å². The number of aromatic nitrogens is 1. The predicted octanol–water partition coefficient (Wildman–Crippen LogP) is 2.54. The Balaban J connectivity index is 2.20. The van der Waals surface area contributed by atoms with Gasteiger partial charge < -0.3 is 10.3 Å². The number of aldehydes is 1. The second kappa shape index (κ2) is 4.67. The zero-order valence-corrected chi connectivity index (χ0v) is 11.2. The average molecular weight is 254 g/mol. The predicted molar refractivity (Wildman–Crippen MR) is 77.4 cm³/mol. The first-order chi connectivity index (χ1) is 9.24. The molecule has 0 saturated carbocycles. The number of hydrogen-bond donors (Lipinski definition) is 2. The molecule has 3 heteroatoms. The van der Waals surface area contributed by atoms with Crippen molar-refractivity contribution in [1.82, 2.24) is 10.3 Å². The minimum absolute atomic E-state index is 0.252. The molecule has 3 nitrogen and oxygen atoms in total. The average Bonchev–Trinajstić information content (AvgIpc) is 2.86. The number of nitrogens with one attached hydrogen (secondary N) is 2. The molecule has 1 aromatic carbocycles. The molecular weight excluding hydrogens is 236 g/mol. The summed E-state index contributed by atoms with van der Waals surface area (Å²) >= 11 is 0. The first kappa shape index (κ1) is 12.2. The second-order valence-corrected chi connectivity index (χ2v) is 5.24. The van der Waals surface area contributed by atoms with Gasteiger partial charge in [0.2, 0.25) is 0 Å². The van der Waals surface area contributed by atoms with Gasteiger partial charge >= 0.3 is 0 Å². The van der Waals surface area contributed by atoms with Gasteiger partial charge in [-0.2, -0.15) is 0 Å². The van der Waals surface area contributed by atoms with Gasteiger partial charge in [-0.25, -0.2) is 0 Å². The monoisotopic (exact) mass is 254 g/mol. The van der Waals surface area contributed by atoms with Gasteiger partial charge in [-0.1, -0.05) is 18.2 Å². The molecule has 2 atom stereocenters. The fourth-order valence-corrected chi connectivity index (χ4v) is 3.12. The lowest BCUT2D eigenvalue weighted by Crippen LogP contribution is -2.35. The lowest BCUT2D eigenvalue weighted by Gasteiger charge is -2.30. The van der Waals surface area contributed by atoms with E-state index in [2.05, 4.69) is 40.8 Å². The quantitative estimate of drug-likeness (QED) is 0.653. The number of H-pyrrole nitrogens is 1. The van der Waals surface area contributed by atoms with E-state index < -0.39 is 0 Å². The largest absolute Gasteiger partial charge is 0.361 e. The first-order valence-corrected chi connectivity index (χ1v) is 6.64. The Morgan fingerprint density at radius 2 is 2.32 bits per heavy atom. The van der Waals surface area contributed by atoms with Gasteiger partial charge in [-0.15, -0.1) is 0 Å². The van der Waals surface area contributed by atoms with E-state index in [1.54, 1.807) is 0 Å². The number of carbonyl (C=O) groups is 1. The molecular formula is C16H18N2O. The topological polar surface area (TPSA) is 44.9 Å². The molecule has 98 valence electrons. The third kappa shape index (κ3) is 1.90. The molecule has 0 saturated heterocycles. The van der Waals surface area contributed by atoms with Crippen LogP contribution in [0.25, 0.3) is 10.9 Å². The maximum Gasteiger partial charge on any atom is 0.145 e. The highest BCUT2D eigenvalue weighted by atomic mass is 16.1. The van der Waals surface area contributed by atoms with E-state index in [1.165, 1.54) is 22.0 Å². The van der Waals surface area contributed by atoms with Crippen LogP contribution in [-0.4, -0.2) is 24.4 Å². The molecule has 1 aromatic heterocycles. The number of allylic oxidation sites excluding steroid dienone is 1. The molecule has 3 rings (SSSR count). The number of rotatable bonds is 3. The standard InChI is InChI=1S/C16H18N2O/c1-10(9-19)6-13-12-4-3-5-14-16(12)11(8-18-14)7-15(13)17-2/h3-6,8-9,13,15,17-18H,7H2,1-2H3/b10-6-/t13-,15-/m1/s1. The maximum atomic E-state index is 10.9. The zero-order valence-electron chi connectivity index (χ0n) is 11.2. The van der Waals surface area contributed by atoms with Crippen molar-refractivity contribution in [3.63, 3.8) is 0 Å². The van der Waals surface area contributed by atoms with Crippen LogP contribution >= 0.6 is 0 Å². The normalized spacial score (nSPS) is 22.7. The van der Waals surface area contributed by atoms with Crippen LogP contribution in [0, 0.1) is 0 Å². The van der Waals surface area contributed by atoms with Crippen molar-refractivity contribution in [2.45, 2.75) is 25.3 Å². The Morgan fingerprint density at radius 3 is 3.05 bits per heavy atom. The van der Waals surface area contributed by atoms with Gasteiger partial charge in [0.05, 0.1) is 0 Å². The zero-order chi connectivity index (χ0) is 13.4. The van der Waals surface area contributed by atoms with Crippen molar-refractivity contribution in [3.8, 4) is 0 Å². The summed E-state index contributed by atoms with van der Waals surface area (Å²) in [7, 11) is 1.99. The van der Waals surface area contributed by atoms with Crippen LogP contribution in [0.5, 0.6) is 0 Å². The molecule has 2 N–H and O–H groups in total. The van der Waals surface area contributed by atoms with Gasteiger partial charge in [0.25, 0.3) is 0 Å². The van der Waals surface area contributed by atoms with Gasteiger partial charge in [0.1, 0.15) is 6.29 Å². The summed E-state index contributed by atoms with van der Waals surface area (Å²) in [4.78, 5) is 14.3. The van der Waals surface area contributed by atoms with Crippen molar-refractivity contribution in [3.05, 3.63) is 47.2 Å². The third-order valence-electron chi connectivity index (χ3n) is 4.05. The molecule has 2 aromatic rings. The Hall–Kier alpha value is -1.87. The van der Waals surface area contributed by atoms with E-state index >= 15 is 0 Å². The number of carbonyl (C=O) groups excluding carboxylic acids is 1. The van der Waals surface area contributed by atoms with Crippen LogP contribution in [0.4, 0.5) is 0 Å². The fraction of sp³-hybridized carbons (Fsp3) is 0.312. The summed E-state index contributed by atoms with van der Waals surface area (Å²) in [6.07, 6.45) is 6.10. The van der Waals surface area contributed by atoms with Crippen molar-refractivity contribution in [1.29, 1.82) is 0 Å². The fourth-order valence-electron chi connectivity index (χ4n) is 3.12. The minimum Gasteiger partial charge on any atom is -0.361 e. The highest BCUT2D eigenvalue weighted by Crippen LogP contribution is 2.37. The minimum atomic E-state index is 0.252. The molecule has 0 fully saturated rings. The highest BCUT2D eigenvalue weighted by molar-refractivity contribution is 5.89. The van der Waals surface area contributed by atoms with Crippen LogP contribution in [0.15, 0.2) is 36.0 Å². The number of aromatic amines is 1. The van der Waals surface area contributed by atoms with Gasteiger partial charge in [0.15, 0.2) is 0 Å². The lowest BCUT2D eigenvalue weighted by atomic mass is 9.79. The number of hydrogen-bond acceptors (Lipinski definition) is 2. The van der Waals surface area contributed by atoms with Crippen LogP contribution < -0.4 is 5.32 Å².